The molecular formula is C24H30N6O3. The number of nitrogens with zero attached hydrogens (tertiary/aromatic N) is 5. The van der Waals surface area contributed by atoms with Gasteiger partial charge in [0.2, 0.25) is 11.8 Å². The van der Waals surface area contributed by atoms with E-state index in [1.165, 1.54) is 19.3 Å². The predicted octanol–water partition coefficient (Wildman–Crippen LogP) is 3.08. The number of hydrogen-bond donors (Lipinski definition) is 1. The van der Waals surface area contributed by atoms with Crippen LogP contribution in [0.4, 0.5) is 0 Å². The van der Waals surface area contributed by atoms with Crippen molar-refractivity contribution in [2.24, 2.45) is 4.99 Å². The molecule has 2 aromatic heterocycles. The molecule has 3 atom stereocenters. The standard InChI is InChI=1S/C24H30N6O3/c1-5-20(32-14-15(2)30-17(4)31)7-6-16(3)33-24-21(22-13-26-22)8-19(12-29-24)23-27-10-18(9-25)11-28-23/h8,10-12,15-16,20H,5-7,13-14H2,1-4H3,(H,30,31)/t15-,16-,20-/m0/s1. The number of amides is 1. The molecule has 0 fully saturated rings. The van der Waals surface area contributed by atoms with Crippen molar-refractivity contribution in [3.63, 3.8) is 0 Å². The first-order valence-electron chi connectivity index (χ1n) is 11.2. The first kappa shape index (κ1) is 24.3. The fraction of sp³-hybridized carbons (Fsp3) is 0.500. The van der Waals surface area contributed by atoms with Gasteiger partial charge < -0.3 is 14.8 Å². The van der Waals surface area contributed by atoms with Crippen molar-refractivity contribution in [3.05, 3.63) is 35.8 Å². The molecule has 3 rings (SSSR count). The fourth-order valence-corrected chi connectivity index (χ4v) is 3.36. The zero-order valence-electron chi connectivity index (χ0n) is 19.5. The second-order valence-electron chi connectivity index (χ2n) is 8.22. The maximum atomic E-state index is 11.1. The van der Waals surface area contributed by atoms with Crippen LogP contribution < -0.4 is 10.1 Å². The Morgan fingerprint density at radius 2 is 1.94 bits per heavy atom. The Morgan fingerprint density at radius 1 is 1.21 bits per heavy atom. The van der Waals surface area contributed by atoms with Crippen LogP contribution >= 0.6 is 0 Å². The lowest BCUT2D eigenvalue weighted by Crippen LogP contribution is -2.35. The summed E-state index contributed by atoms with van der Waals surface area (Å²) >= 11 is 0. The van der Waals surface area contributed by atoms with Gasteiger partial charge in [0.25, 0.3) is 0 Å². The van der Waals surface area contributed by atoms with Gasteiger partial charge in [-0.3, -0.25) is 9.79 Å². The van der Waals surface area contributed by atoms with E-state index in [0.29, 0.717) is 30.4 Å². The number of aromatic nitrogens is 3. The van der Waals surface area contributed by atoms with Crippen molar-refractivity contribution in [2.45, 2.75) is 65.2 Å². The molecule has 9 nitrogen and oxygen atoms in total. The van der Waals surface area contributed by atoms with Gasteiger partial charge in [-0.2, -0.15) is 5.26 Å². The quantitative estimate of drug-likeness (QED) is 0.527. The second-order valence-corrected chi connectivity index (χ2v) is 8.22. The summed E-state index contributed by atoms with van der Waals surface area (Å²) in [6.07, 6.45) is 7.25. The Morgan fingerprint density at radius 3 is 2.55 bits per heavy atom. The molecule has 2 aromatic rings. The Balaban J connectivity index is 1.58. The minimum Gasteiger partial charge on any atom is -0.474 e. The fourth-order valence-electron chi connectivity index (χ4n) is 3.36. The van der Waals surface area contributed by atoms with E-state index < -0.39 is 0 Å². The van der Waals surface area contributed by atoms with Gasteiger partial charge in [-0.15, -0.1) is 0 Å². The molecule has 0 aromatic carbocycles. The summed E-state index contributed by atoms with van der Waals surface area (Å²) in [5.74, 6) is 0.992. The first-order chi connectivity index (χ1) is 15.9. The maximum Gasteiger partial charge on any atom is 0.222 e. The van der Waals surface area contributed by atoms with Crippen LogP contribution in [0.25, 0.3) is 11.4 Å². The number of carbonyl (C=O) groups excluding carboxylic acids is 1. The molecule has 33 heavy (non-hydrogen) atoms. The van der Waals surface area contributed by atoms with Crippen LogP contribution in [0.1, 0.15) is 58.1 Å². The van der Waals surface area contributed by atoms with Gasteiger partial charge in [-0.25, -0.2) is 15.0 Å². The van der Waals surface area contributed by atoms with E-state index in [9.17, 15) is 4.79 Å². The van der Waals surface area contributed by atoms with Crippen molar-refractivity contribution in [3.8, 4) is 23.3 Å². The number of rotatable bonds is 12. The Labute approximate surface area is 194 Å². The van der Waals surface area contributed by atoms with Crippen molar-refractivity contribution in [1.29, 1.82) is 5.26 Å². The van der Waals surface area contributed by atoms with E-state index >= 15 is 0 Å². The van der Waals surface area contributed by atoms with Crippen LogP contribution in [-0.4, -0.2) is 58.0 Å². The van der Waals surface area contributed by atoms with Gasteiger partial charge in [-0.1, -0.05) is 6.92 Å². The van der Waals surface area contributed by atoms with Gasteiger partial charge in [0.1, 0.15) is 6.07 Å². The Hall–Kier alpha value is -3.38. The largest absolute Gasteiger partial charge is 0.474 e. The molecule has 174 valence electrons. The Kier molecular flexibility index (Phi) is 8.44. The molecule has 1 aliphatic rings. The van der Waals surface area contributed by atoms with E-state index in [1.54, 1.807) is 6.20 Å². The van der Waals surface area contributed by atoms with E-state index in [0.717, 1.165) is 36.1 Å². The molecule has 0 unspecified atom stereocenters. The lowest BCUT2D eigenvalue weighted by Gasteiger charge is -2.22. The third-order valence-corrected chi connectivity index (χ3v) is 5.21. The number of nitriles is 1. The average Bonchev–Trinajstić information content (AvgIpc) is 3.64. The molecular weight excluding hydrogens is 420 g/mol. The van der Waals surface area contributed by atoms with Gasteiger partial charge in [-0.05, 0) is 39.2 Å². The second kappa shape index (κ2) is 11.5. The van der Waals surface area contributed by atoms with Crippen molar-refractivity contribution in [2.75, 3.05) is 13.2 Å². The first-order valence-corrected chi connectivity index (χ1v) is 11.2. The van der Waals surface area contributed by atoms with Crippen LogP contribution in [0.15, 0.2) is 29.6 Å². The van der Waals surface area contributed by atoms with Gasteiger partial charge in [0, 0.05) is 37.1 Å². The van der Waals surface area contributed by atoms with Crippen LogP contribution in [0, 0.1) is 11.3 Å². The summed E-state index contributed by atoms with van der Waals surface area (Å²) in [4.78, 5) is 28.5. The van der Waals surface area contributed by atoms with Crippen molar-refractivity contribution >= 4 is 11.6 Å². The molecule has 0 saturated carbocycles. The minimum absolute atomic E-state index is 0.0186. The summed E-state index contributed by atoms with van der Waals surface area (Å²) in [5.41, 5.74) is 2.95. The molecule has 1 amide bonds. The van der Waals surface area contributed by atoms with Gasteiger partial charge in [0.05, 0.1) is 42.2 Å². The number of nitrogens with one attached hydrogen (secondary N) is 1. The highest BCUT2D eigenvalue weighted by atomic mass is 16.5. The highest BCUT2D eigenvalue weighted by molar-refractivity contribution is 6.12. The smallest absolute Gasteiger partial charge is 0.222 e. The minimum atomic E-state index is -0.0574. The highest BCUT2D eigenvalue weighted by Gasteiger charge is 2.22. The number of pyridine rings is 1. The van der Waals surface area contributed by atoms with E-state index in [4.69, 9.17) is 14.7 Å². The monoisotopic (exact) mass is 450 g/mol. The highest BCUT2D eigenvalue weighted by Crippen LogP contribution is 2.27. The maximum absolute atomic E-state index is 11.1. The van der Waals surface area contributed by atoms with Crippen LogP contribution in [0.3, 0.4) is 0 Å². The number of aliphatic imine (C=N–C) groups is 1. The van der Waals surface area contributed by atoms with E-state index in [2.05, 4.69) is 32.2 Å². The summed E-state index contributed by atoms with van der Waals surface area (Å²) < 4.78 is 12.1. The van der Waals surface area contributed by atoms with Gasteiger partial charge >= 0.3 is 0 Å². The molecule has 0 radical (unpaired) electrons. The third-order valence-electron chi connectivity index (χ3n) is 5.21. The van der Waals surface area contributed by atoms with Gasteiger partial charge in [0.15, 0.2) is 5.82 Å². The summed E-state index contributed by atoms with van der Waals surface area (Å²) in [6, 6.07) is 3.93. The molecule has 1 N–H and O–H groups in total. The Bertz CT molecular complexity index is 1030. The van der Waals surface area contributed by atoms with E-state index in [-0.39, 0.29) is 24.2 Å². The number of ether oxygens (including phenoxy) is 2. The van der Waals surface area contributed by atoms with Crippen LogP contribution in [-0.2, 0) is 9.53 Å². The van der Waals surface area contributed by atoms with Crippen LogP contribution in [0.2, 0.25) is 0 Å². The van der Waals surface area contributed by atoms with Crippen molar-refractivity contribution < 1.29 is 14.3 Å². The van der Waals surface area contributed by atoms with Crippen molar-refractivity contribution in [1.82, 2.24) is 20.3 Å². The molecule has 9 heteroatoms. The predicted molar refractivity (Wildman–Crippen MR) is 124 cm³/mol. The molecule has 0 spiro atoms. The third kappa shape index (κ3) is 7.32. The molecule has 0 aliphatic carbocycles. The average molecular weight is 451 g/mol. The normalized spacial score (nSPS) is 15.1. The SMILES string of the molecule is CC[C@@H](CC[C@H](C)Oc1ncc(-c2ncc(C#N)cn2)cc1C1=NC1)OC[C@H](C)NC(C)=O. The van der Waals surface area contributed by atoms with E-state index in [1.807, 2.05) is 26.0 Å². The number of carbonyl (C=O) groups is 1. The molecule has 3 heterocycles. The molecule has 0 bridgehead atoms. The number of hydrogen-bond acceptors (Lipinski definition) is 8. The molecule has 0 saturated heterocycles. The van der Waals surface area contributed by atoms with Crippen LogP contribution in [0.5, 0.6) is 5.88 Å². The summed E-state index contributed by atoms with van der Waals surface area (Å²) in [6.45, 7) is 8.70. The summed E-state index contributed by atoms with van der Waals surface area (Å²) in [5, 5.41) is 11.8. The summed E-state index contributed by atoms with van der Waals surface area (Å²) in [7, 11) is 0. The zero-order valence-corrected chi connectivity index (χ0v) is 19.5. The molecule has 1 aliphatic heterocycles. The lowest BCUT2D eigenvalue weighted by atomic mass is 10.1. The lowest BCUT2D eigenvalue weighted by molar-refractivity contribution is -0.120. The zero-order chi connectivity index (χ0) is 23.8. The topological polar surface area (TPSA) is 122 Å².